The molecule has 0 aliphatic heterocycles. The fourth-order valence-corrected chi connectivity index (χ4v) is 2.44. The van der Waals surface area contributed by atoms with E-state index in [1.165, 1.54) is 0 Å². The van der Waals surface area contributed by atoms with Crippen LogP contribution in [0.5, 0.6) is 0 Å². The monoisotopic (exact) mass is 280 g/mol. The van der Waals surface area contributed by atoms with Gasteiger partial charge >= 0.3 is 0 Å². The van der Waals surface area contributed by atoms with Crippen molar-refractivity contribution in [1.82, 2.24) is 5.32 Å². The predicted molar refractivity (Wildman–Crippen MR) is 85.9 cm³/mol. The van der Waals surface area contributed by atoms with E-state index >= 15 is 0 Å². The highest BCUT2D eigenvalue weighted by molar-refractivity contribution is 5.57. The van der Waals surface area contributed by atoms with Crippen LogP contribution in [-0.4, -0.2) is 19.6 Å². The summed E-state index contributed by atoms with van der Waals surface area (Å²) in [5.41, 5.74) is 1.82. The molecule has 0 radical (unpaired) electrons. The summed E-state index contributed by atoms with van der Waals surface area (Å²) < 4.78 is 14.5. The summed E-state index contributed by atoms with van der Waals surface area (Å²) in [6.45, 7) is 9.50. The first kappa shape index (κ1) is 17.0. The van der Waals surface area contributed by atoms with Crippen molar-refractivity contribution in [3.63, 3.8) is 0 Å². The van der Waals surface area contributed by atoms with E-state index in [2.05, 4.69) is 37.9 Å². The zero-order valence-electron chi connectivity index (χ0n) is 13.5. The van der Waals surface area contributed by atoms with E-state index in [1.807, 2.05) is 13.1 Å². The average Bonchev–Trinajstić information content (AvgIpc) is 2.47. The van der Waals surface area contributed by atoms with Gasteiger partial charge in [0.25, 0.3) is 0 Å². The van der Waals surface area contributed by atoms with Crippen LogP contribution in [-0.2, 0) is 0 Å². The highest BCUT2D eigenvalue weighted by Gasteiger charge is 2.21. The molecule has 1 N–H and O–H groups in total. The van der Waals surface area contributed by atoms with Crippen molar-refractivity contribution >= 4 is 5.69 Å². The Morgan fingerprint density at radius 2 is 1.95 bits per heavy atom. The van der Waals surface area contributed by atoms with E-state index in [4.69, 9.17) is 0 Å². The predicted octanol–water partition coefficient (Wildman–Crippen LogP) is 4.51. The van der Waals surface area contributed by atoms with Gasteiger partial charge in [0.05, 0.1) is 5.69 Å². The summed E-state index contributed by atoms with van der Waals surface area (Å²) in [6.07, 6.45) is 3.23. The smallest absolute Gasteiger partial charge is 0.146 e. The lowest BCUT2D eigenvalue weighted by Crippen LogP contribution is -2.35. The van der Waals surface area contributed by atoms with Crippen molar-refractivity contribution in [3.05, 3.63) is 29.6 Å². The van der Waals surface area contributed by atoms with Gasteiger partial charge in [-0.2, -0.15) is 0 Å². The Labute approximate surface area is 123 Å². The molecule has 0 spiro atoms. The highest BCUT2D eigenvalue weighted by Crippen LogP contribution is 2.31. The molecule has 0 heterocycles. The minimum atomic E-state index is -0.110. The number of rotatable bonds is 8. The molecule has 0 saturated carbocycles. The van der Waals surface area contributed by atoms with Gasteiger partial charge in [0.2, 0.25) is 0 Å². The molecule has 0 amide bonds. The van der Waals surface area contributed by atoms with Crippen LogP contribution in [0.4, 0.5) is 10.1 Å². The van der Waals surface area contributed by atoms with Gasteiger partial charge in [-0.3, -0.25) is 0 Å². The van der Waals surface area contributed by atoms with E-state index in [0.717, 1.165) is 37.1 Å². The van der Waals surface area contributed by atoms with E-state index in [9.17, 15) is 4.39 Å². The molecule has 3 heteroatoms. The Kier molecular flexibility index (Phi) is 7.00. The Hall–Kier alpha value is -1.09. The fourth-order valence-electron chi connectivity index (χ4n) is 2.44. The zero-order chi connectivity index (χ0) is 15.1. The molecule has 1 rings (SSSR count). The lowest BCUT2D eigenvalue weighted by atomic mass is 10.0. The molecule has 2 atom stereocenters. The number of halogens is 1. The van der Waals surface area contributed by atoms with E-state index in [1.54, 1.807) is 12.1 Å². The van der Waals surface area contributed by atoms with Gasteiger partial charge in [-0.15, -0.1) is 0 Å². The molecular weight excluding hydrogens is 251 g/mol. The average molecular weight is 280 g/mol. The SMILES string of the molecule is CCCCN(c1c(F)cccc1C(C)NC)C(C)CC. The fraction of sp³-hybridized carbons (Fsp3) is 0.647. The maximum atomic E-state index is 14.5. The number of anilines is 1. The quantitative estimate of drug-likeness (QED) is 0.753. The van der Waals surface area contributed by atoms with Crippen molar-refractivity contribution in [1.29, 1.82) is 0 Å². The molecule has 0 aromatic heterocycles. The Morgan fingerprint density at radius 3 is 2.50 bits per heavy atom. The van der Waals surface area contributed by atoms with Gasteiger partial charge in [-0.05, 0) is 45.4 Å². The minimum absolute atomic E-state index is 0.110. The number of para-hydroxylation sites is 1. The van der Waals surface area contributed by atoms with Crippen LogP contribution >= 0.6 is 0 Å². The standard InChI is InChI=1S/C17H29FN2/c1-6-8-12-20(13(3)7-2)17-15(14(4)19-5)10-9-11-16(17)18/h9-11,13-14,19H,6-8,12H2,1-5H3. The van der Waals surface area contributed by atoms with E-state index in [0.29, 0.717) is 6.04 Å². The summed E-state index contributed by atoms with van der Waals surface area (Å²) in [4.78, 5) is 2.24. The number of benzene rings is 1. The summed E-state index contributed by atoms with van der Waals surface area (Å²) in [5, 5.41) is 3.22. The first-order chi connectivity index (χ1) is 9.56. The lowest BCUT2D eigenvalue weighted by molar-refractivity contribution is 0.552. The van der Waals surface area contributed by atoms with Crippen LogP contribution in [0.15, 0.2) is 18.2 Å². The molecule has 0 aliphatic rings. The van der Waals surface area contributed by atoms with Gasteiger partial charge in [0.1, 0.15) is 5.82 Å². The molecule has 0 saturated heterocycles. The maximum Gasteiger partial charge on any atom is 0.146 e. The van der Waals surface area contributed by atoms with Crippen molar-refractivity contribution in [3.8, 4) is 0 Å². The Bertz CT molecular complexity index is 406. The normalized spacial score (nSPS) is 14.1. The van der Waals surface area contributed by atoms with Crippen molar-refractivity contribution < 1.29 is 4.39 Å². The second-order valence-electron chi connectivity index (χ2n) is 5.49. The largest absolute Gasteiger partial charge is 0.366 e. The third kappa shape index (κ3) is 3.95. The van der Waals surface area contributed by atoms with Gasteiger partial charge in [-0.1, -0.05) is 32.4 Å². The second kappa shape index (κ2) is 8.25. The lowest BCUT2D eigenvalue weighted by Gasteiger charge is -2.34. The van der Waals surface area contributed by atoms with E-state index in [-0.39, 0.29) is 11.9 Å². The number of unbranched alkanes of at least 4 members (excludes halogenated alkanes) is 1. The summed E-state index contributed by atoms with van der Waals surface area (Å²) >= 11 is 0. The first-order valence-electron chi connectivity index (χ1n) is 7.79. The number of hydrogen-bond donors (Lipinski definition) is 1. The number of nitrogens with zero attached hydrogens (tertiary/aromatic N) is 1. The van der Waals surface area contributed by atoms with Crippen LogP contribution < -0.4 is 10.2 Å². The third-order valence-electron chi connectivity index (χ3n) is 4.08. The molecular formula is C17H29FN2. The Morgan fingerprint density at radius 1 is 1.25 bits per heavy atom. The molecule has 1 aromatic rings. The van der Waals surface area contributed by atoms with Crippen molar-refractivity contribution in [2.75, 3.05) is 18.5 Å². The molecule has 2 nitrogen and oxygen atoms in total. The van der Waals surface area contributed by atoms with Crippen LogP contribution in [0.3, 0.4) is 0 Å². The van der Waals surface area contributed by atoms with Gasteiger partial charge in [0.15, 0.2) is 0 Å². The van der Waals surface area contributed by atoms with Crippen molar-refractivity contribution in [2.24, 2.45) is 0 Å². The van der Waals surface area contributed by atoms with Crippen LogP contribution in [0, 0.1) is 5.82 Å². The minimum Gasteiger partial charge on any atom is -0.366 e. The molecule has 0 fully saturated rings. The van der Waals surface area contributed by atoms with Crippen LogP contribution in [0.2, 0.25) is 0 Å². The topological polar surface area (TPSA) is 15.3 Å². The van der Waals surface area contributed by atoms with Crippen molar-refractivity contribution in [2.45, 2.75) is 59.0 Å². The van der Waals surface area contributed by atoms with Crippen LogP contribution in [0.25, 0.3) is 0 Å². The maximum absolute atomic E-state index is 14.5. The summed E-state index contributed by atoms with van der Waals surface area (Å²) in [6, 6.07) is 5.90. The van der Waals surface area contributed by atoms with Gasteiger partial charge in [-0.25, -0.2) is 4.39 Å². The summed E-state index contributed by atoms with van der Waals surface area (Å²) in [5.74, 6) is -0.110. The molecule has 0 bridgehead atoms. The molecule has 114 valence electrons. The second-order valence-corrected chi connectivity index (χ2v) is 5.49. The third-order valence-corrected chi connectivity index (χ3v) is 4.08. The molecule has 20 heavy (non-hydrogen) atoms. The Balaban J connectivity index is 3.22. The molecule has 2 unspecified atom stereocenters. The zero-order valence-corrected chi connectivity index (χ0v) is 13.5. The molecule has 0 aliphatic carbocycles. The first-order valence-corrected chi connectivity index (χ1v) is 7.79. The summed E-state index contributed by atoms with van der Waals surface area (Å²) in [7, 11) is 1.92. The van der Waals surface area contributed by atoms with Gasteiger partial charge in [0, 0.05) is 18.6 Å². The number of hydrogen-bond acceptors (Lipinski definition) is 2. The van der Waals surface area contributed by atoms with Gasteiger partial charge < -0.3 is 10.2 Å². The highest BCUT2D eigenvalue weighted by atomic mass is 19.1. The number of nitrogens with one attached hydrogen (secondary N) is 1. The molecule has 1 aromatic carbocycles. The van der Waals surface area contributed by atoms with Crippen LogP contribution in [0.1, 0.15) is 58.6 Å². The van der Waals surface area contributed by atoms with E-state index < -0.39 is 0 Å².